The average Bonchev–Trinajstić information content (AvgIpc) is 3.24. The Kier molecular flexibility index (Phi) is 6.79. The molecule has 3 rings (SSSR count). The number of nitrogens with zero attached hydrogens (tertiary/aromatic N) is 3. The van der Waals surface area contributed by atoms with Gasteiger partial charge < -0.3 is 24.1 Å². The van der Waals surface area contributed by atoms with E-state index in [-0.39, 0.29) is 24.5 Å². The van der Waals surface area contributed by atoms with E-state index in [1.165, 1.54) is 0 Å². The predicted octanol–water partition coefficient (Wildman–Crippen LogP) is 3.12. The zero-order valence-corrected chi connectivity index (χ0v) is 16.8. The third kappa shape index (κ3) is 5.41. The summed E-state index contributed by atoms with van der Waals surface area (Å²) >= 11 is 0. The topological polar surface area (TPSA) is 70.7 Å². The molecular weight excluding hydrogens is 356 g/mol. The first-order chi connectivity index (χ1) is 13.6. The molecular formula is C21H30N4O3. The van der Waals surface area contributed by atoms with Gasteiger partial charge in [-0.05, 0) is 43.5 Å². The molecule has 1 N–H and O–H groups in total. The zero-order valence-electron chi connectivity index (χ0n) is 16.8. The van der Waals surface area contributed by atoms with E-state index in [1.807, 2.05) is 42.1 Å². The Morgan fingerprint density at radius 2 is 2.07 bits per heavy atom. The van der Waals surface area contributed by atoms with Crippen molar-refractivity contribution in [2.45, 2.75) is 51.7 Å². The lowest BCUT2D eigenvalue weighted by molar-refractivity contribution is -0.133. The van der Waals surface area contributed by atoms with Crippen molar-refractivity contribution in [3.05, 3.63) is 48.2 Å². The van der Waals surface area contributed by atoms with Gasteiger partial charge in [-0.25, -0.2) is 4.79 Å². The van der Waals surface area contributed by atoms with E-state index < -0.39 is 0 Å². The molecule has 1 aliphatic rings. The second kappa shape index (κ2) is 9.48. The first kappa shape index (κ1) is 20.0. The number of aromatic nitrogens is 1. The Labute approximate surface area is 166 Å². The molecule has 7 heteroatoms. The number of hydrogen-bond acceptors (Lipinski definition) is 3. The smallest absolute Gasteiger partial charge is 0.318 e. The van der Waals surface area contributed by atoms with Crippen LogP contribution in [0.5, 0.6) is 0 Å². The number of amides is 3. The minimum atomic E-state index is -0.138. The normalized spacial score (nSPS) is 13.4. The lowest BCUT2D eigenvalue weighted by Crippen LogP contribution is -2.47. The fourth-order valence-corrected chi connectivity index (χ4v) is 3.15. The van der Waals surface area contributed by atoms with Crippen molar-refractivity contribution in [3.8, 4) is 0 Å². The predicted molar refractivity (Wildman–Crippen MR) is 106 cm³/mol. The zero-order chi connectivity index (χ0) is 19.9. The van der Waals surface area contributed by atoms with Gasteiger partial charge in [0.2, 0.25) is 5.91 Å². The van der Waals surface area contributed by atoms with Crippen molar-refractivity contribution in [1.82, 2.24) is 19.7 Å². The molecule has 0 saturated heterocycles. The van der Waals surface area contributed by atoms with Crippen LogP contribution in [0.25, 0.3) is 0 Å². The molecule has 2 heterocycles. The maximum absolute atomic E-state index is 13.1. The summed E-state index contributed by atoms with van der Waals surface area (Å²) in [5.41, 5.74) is 1.03. The van der Waals surface area contributed by atoms with Gasteiger partial charge in [0.25, 0.3) is 0 Å². The van der Waals surface area contributed by atoms with E-state index in [9.17, 15) is 9.59 Å². The Hall–Kier alpha value is -2.70. The van der Waals surface area contributed by atoms with Crippen molar-refractivity contribution < 1.29 is 14.0 Å². The Balaban J connectivity index is 1.68. The number of carbonyl (C=O) groups is 2. The third-order valence-corrected chi connectivity index (χ3v) is 5.04. The maximum atomic E-state index is 13.1. The van der Waals surface area contributed by atoms with Crippen LogP contribution in [0.2, 0.25) is 0 Å². The summed E-state index contributed by atoms with van der Waals surface area (Å²) in [5, 5.41) is 2.94. The molecule has 2 aromatic heterocycles. The van der Waals surface area contributed by atoms with Crippen molar-refractivity contribution in [2.75, 3.05) is 13.1 Å². The van der Waals surface area contributed by atoms with Gasteiger partial charge in [0, 0.05) is 31.5 Å². The van der Waals surface area contributed by atoms with Crippen LogP contribution >= 0.6 is 0 Å². The molecule has 0 atom stereocenters. The number of unbranched alkanes of at least 4 members (excludes halogenated alkanes) is 1. The lowest BCUT2D eigenvalue weighted by Gasteiger charge is -2.27. The Bertz CT molecular complexity index is 764. The van der Waals surface area contributed by atoms with E-state index >= 15 is 0 Å². The highest BCUT2D eigenvalue weighted by Gasteiger charge is 2.35. The van der Waals surface area contributed by atoms with Crippen LogP contribution in [0.15, 0.2) is 41.1 Å². The number of furan rings is 1. The number of rotatable bonds is 10. The minimum absolute atomic E-state index is 0.0739. The molecule has 0 aliphatic heterocycles. The van der Waals surface area contributed by atoms with Crippen LogP contribution in [-0.2, 0) is 24.9 Å². The molecule has 7 nitrogen and oxygen atoms in total. The second-order valence-electron chi connectivity index (χ2n) is 7.38. The van der Waals surface area contributed by atoms with E-state index in [1.54, 1.807) is 16.1 Å². The first-order valence-electron chi connectivity index (χ1n) is 10.0. The van der Waals surface area contributed by atoms with E-state index in [2.05, 4.69) is 12.2 Å². The van der Waals surface area contributed by atoms with Gasteiger partial charge in [-0.15, -0.1) is 0 Å². The molecule has 0 spiro atoms. The third-order valence-electron chi connectivity index (χ3n) is 5.04. The second-order valence-corrected chi connectivity index (χ2v) is 7.38. The quantitative estimate of drug-likeness (QED) is 0.638. The summed E-state index contributed by atoms with van der Waals surface area (Å²) in [7, 11) is 1.96. The first-order valence-corrected chi connectivity index (χ1v) is 10.0. The van der Waals surface area contributed by atoms with Crippen molar-refractivity contribution in [2.24, 2.45) is 7.05 Å². The van der Waals surface area contributed by atoms with Crippen molar-refractivity contribution in [1.29, 1.82) is 0 Å². The lowest BCUT2D eigenvalue weighted by atomic mass is 10.3. The maximum Gasteiger partial charge on any atom is 0.318 e. The van der Waals surface area contributed by atoms with Crippen LogP contribution in [-0.4, -0.2) is 45.4 Å². The van der Waals surface area contributed by atoms with Crippen LogP contribution in [0.3, 0.4) is 0 Å². The standard InChI is InChI=1S/C21H30N4O3/c1-3-4-11-22-21(27)25(17-9-10-17)16-20(26)24(15-19-8-6-13-28-19)14-18-7-5-12-23(18)2/h5-8,12-13,17H,3-4,9-11,14-16H2,1-2H3,(H,22,27). The molecule has 1 saturated carbocycles. The molecule has 0 radical (unpaired) electrons. The Morgan fingerprint density at radius 3 is 2.68 bits per heavy atom. The molecule has 0 bridgehead atoms. The fraction of sp³-hybridized carbons (Fsp3) is 0.524. The average molecular weight is 386 g/mol. The highest BCUT2D eigenvalue weighted by molar-refractivity contribution is 5.84. The van der Waals surface area contributed by atoms with Crippen LogP contribution < -0.4 is 5.32 Å². The van der Waals surface area contributed by atoms with Gasteiger partial charge in [0.05, 0.1) is 19.4 Å². The van der Waals surface area contributed by atoms with Gasteiger partial charge in [-0.1, -0.05) is 13.3 Å². The molecule has 0 unspecified atom stereocenters. The molecule has 1 fully saturated rings. The van der Waals surface area contributed by atoms with Gasteiger partial charge in [0.15, 0.2) is 0 Å². The Morgan fingerprint density at radius 1 is 1.25 bits per heavy atom. The van der Waals surface area contributed by atoms with E-state index in [4.69, 9.17) is 4.42 Å². The molecule has 3 amide bonds. The summed E-state index contributed by atoms with van der Waals surface area (Å²) in [5.74, 6) is 0.656. The largest absolute Gasteiger partial charge is 0.467 e. The highest BCUT2D eigenvalue weighted by Crippen LogP contribution is 2.27. The van der Waals surface area contributed by atoms with Gasteiger partial charge >= 0.3 is 6.03 Å². The fourth-order valence-electron chi connectivity index (χ4n) is 3.15. The summed E-state index contributed by atoms with van der Waals surface area (Å²) < 4.78 is 7.45. The number of nitrogens with one attached hydrogen (secondary N) is 1. The van der Waals surface area contributed by atoms with Gasteiger partial charge in [0.1, 0.15) is 12.3 Å². The highest BCUT2D eigenvalue weighted by atomic mass is 16.3. The van der Waals surface area contributed by atoms with Gasteiger partial charge in [-0.2, -0.15) is 0 Å². The summed E-state index contributed by atoms with van der Waals surface area (Å²) in [6.07, 6.45) is 7.46. The molecule has 2 aromatic rings. The molecule has 152 valence electrons. The number of carbonyl (C=O) groups excluding carboxylic acids is 2. The number of aryl methyl sites for hydroxylation is 1. The monoisotopic (exact) mass is 386 g/mol. The van der Waals surface area contributed by atoms with E-state index in [0.29, 0.717) is 19.6 Å². The molecule has 0 aromatic carbocycles. The summed E-state index contributed by atoms with van der Waals surface area (Å²) in [6, 6.07) is 7.67. The van der Waals surface area contributed by atoms with Crippen LogP contribution in [0.4, 0.5) is 4.79 Å². The van der Waals surface area contributed by atoms with Crippen LogP contribution in [0, 0.1) is 0 Å². The summed E-state index contributed by atoms with van der Waals surface area (Å²) in [4.78, 5) is 29.1. The van der Waals surface area contributed by atoms with Gasteiger partial charge in [-0.3, -0.25) is 4.79 Å². The molecule has 28 heavy (non-hydrogen) atoms. The summed E-state index contributed by atoms with van der Waals surface area (Å²) in [6.45, 7) is 3.68. The van der Waals surface area contributed by atoms with Crippen LogP contribution in [0.1, 0.15) is 44.1 Å². The van der Waals surface area contributed by atoms with Crippen molar-refractivity contribution in [3.63, 3.8) is 0 Å². The number of hydrogen-bond donors (Lipinski definition) is 1. The van der Waals surface area contributed by atoms with Crippen molar-refractivity contribution >= 4 is 11.9 Å². The SMILES string of the molecule is CCCCNC(=O)N(CC(=O)N(Cc1ccco1)Cc1cccn1C)C1CC1. The van der Waals surface area contributed by atoms with E-state index in [0.717, 1.165) is 37.1 Å². The number of urea groups is 1. The molecule has 1 aliphatic carbocycles. The minimum Gasteiger partial charge on any atom is -0.467 e.